The first kappa shape index (κ1) is 13.3. The van der Waals surface area contributed by atoms with E-state index in [0.717, 1.165) is 24.2 Å². The molecule has 1 atom stereocenters. The van der Waals surface area contributed by atoms with E-state index >= 15 is 0 Å². The van der Waals surface area contributed by atoms with Crippen molar-refractivity contribution < 1.29 is 0 Å². The van der Waals surface area contributed by atoms with Gasteiger partial charge in [-0.1, -0.05) is 24.3 Å². The van der Waals surface area contributed by atoms with E-state index < -0.39 is 0 Å². The van der Waals surface area contributed by atoms with Gasteiger partial charge in [-0.15, -0.1) is 0 Å². The van der Waals surface area contributed by atoms with Crippen LogP contribution in [0.3, 0.4) is 0 Å². The Hall–Kier alpha value is -1.74. The quantitative estimate of drug-likeness (QED) is 0.924. The largest absolute Gasteiger partial charge is 0.314 e. The van der Waals surface area contributed by atoms with Crippen LogP contribution in [0.5, 0.6) is 0 Å². The number of hydrogen-bond acceptors (Lipinski definition) is 3. The van der Waals surface area contributed by atoms with E-state index in [4.69, 9.17) is 4.98 Å². The highest BCUT2D eigenvalue weighted by atomic mass is 14.9. The molecule has 3 rings (SSSR count). The Labute approximate surface area is 120 Å². The van der Waals surface area contributed by atoms with Crippen molar-refractivity contribution in [2.75, 3.05) is 6.54 Å². The van der Waals surface area contributed by atoms with Gasteiger partial charge in [0.15, 0.2) is 0 Å². The first-order chi connectivity index (χ1) is 9.83. The maximum absolute atomic E-state index is 4.77. The van der Waals surface area contributed by atoms with E-state index in [2.05, 4.69) is 41.5 Å². The molecule has 104 valence electrons. The fourth-order valence-corrected chi connectivity index (χ4v) is 2.84. The Morgan fingerprint density at radius 3 is 2.95 bits per heavy atom. The third kappa shape index (κ3) is 3.05. The van der Waals surface area contributed by atoms with Gasteiger partial charge in [0, 0.05) is 17.8 Å². The van der Waals surface area contributed by atoms with Gasteiger partial charge in [-0.2, -0.15) is 0 Å². The molecule has 1 aromatic carbocycles. The number of nitrogens with zero attached hydrogens (tertiary/aromatic N) is 2. The summed E-state index contributed by atoms with van der Waals surface area (Å²) in [5, 5.41) is 3.53. The third-order valence-electron chi connectivity index (χ3n) is 4.02. The average molecular weight is 267 g/mol. The van der Waals surface area contributed by atoms with Crippen molar-refractivity contribution in [3.8, 4) is 11.3 Å². The second kappa shape index (κ2) is 6.14. The Morgan fingerprint density at radius 2 is 2.15 bits per heavy atom. The number of hydrogen-bond donors (Lipinski definition) is 1. The summed E-state index contributed by atoms with van der Waals surface area (Å²) in [6, 6.07) is 9.01. The number of aromatic nitrogens is 2. The molecule has 3 heteroatoms. The van der Waals surface area contributed by atoms with Gasteiger partial charge < -0.3 is 5.32 Å². The molecule has 2 heterocycles. The zero-order valence-corrected chi connectivity index (χ0v) is 12.0. The molecule has 0 amide bonds. The van der Waals surface area contributed by atoms with Gasteiger partial charge in [0.05, 0.1) is 17.6 Å². The van der Waals surface area contributed by atoms with Crippen LogP contribution in [0.25, 0.3) is 11.3 Å². The fourth-order valence-electron chi connectivity index (χ4n) is 2.84. The molecule has 1 unspecified atom stereocenters. The van der Waals surface area contributed by atoms with E-state index in [1.54, 1.807) is 0 Å². The smallest absolute Gasteiger partial charge is 0.0891 e. The van der Waals surface area contributed by atoms with E-state index in [1.165, 1.54) is 30.5 Å². The van der Waals surface area contributed by atoms with Gasteiger partial charge in [0.1, 0.15) is 0 Å². The van der Waals surface area contributed by atoms with Crippen LogP contribution in [0, 0.1) is 6.92 Å². The Kier molecular flexibility index (Phi) is 4.07. The highest BCUT2D eigenvalue weighted by Gasteiger charge is 2.14. The van der Waals surface area contributed by atoms with Crippen molar-refractivity contribution in [1.82, 2.24) is 15.3 Å². The molecule has 3 nitrogen and oxygen atoms in total. The second-order valence-electron chi connectivity index (χ2n) is 5.54. The number of nitrogens with one attached hydrogen (secondary N) is 1. The van der Waals surface area contributed by atoms with E-state index in [9.17, 15) is 0 Å². The predicted molar refractivity (Wildman–Crippen MR) is 81.6 cm³/mol. The van der Waals surface area contributed by atoms with Crippen LogP contribution >= 0.6 is 0 Å². The molecule has 0 radical (unpaired) electrons. The lowest BCUT2D eigenvalue weighted by Gasteiger charge is -2.10. The normalized spacial score (nSPS) is 18.4. The molecular formula is C17H21N3. The maximum atomic E-state index is 4.77. The van der Waals surface area contributed by atoms with Gasteiger partial charge in [-0.3, -0.25) is 4.98 Å². The first-order valence-corrected chi connectivity index (χ1v) is 7.43. The minimum absolute atomic E-state index is 0.666. The summed E-state index contributed by atoms with van der Waals surface area (Å²) in [6.45, 7) is 3.28. The minimum atomic E-state index is 0.666. The standard InChI is InChI=1S/C17H21N3/c1-13-5-2-3-7-16(13)17-12-18-11-15(20-17)9-8-14-6-4-10-19-14/h2-3,5,7,11-12,14,19H,4,6,8-10H2,1H3. The zero-order valence-electron chi connectivity index (χ0n) is 12.0. The van der Waals surface area contributed by atoms with Crippen molar-refractivity contribution in [1.29, 1.82) is 0 Å². The highest BCUT2D eigenvalue weighted by molar-refractivity contribution is 5.62. The molecular weight excluding hydrogens is 246 g/mol. The van der Waals surface area contributed by atoms with Gasteiger partial charge >= 0.3 is 0 Å². The number of aryl methyl sites for hydroxylation is 2. The summed E-state index contributed by atoms with van der Waals surface area (Å²) in [5.41, 5.74) is 4.51. The van der Waals surface area contributed by atoms with E-state index in [0.29, 0.717) is 6.04 Å². The molecule has 1 N–H and O–H groups in total. The van der Waals surface area contributed by atoms with Crippen LogP contribution in [0.4, 0.5) is 0 Å². The van der Waals surface area contributed by atoms with Crippen LogP contribution in [0.1, 0.15) is 30.5 Å². The molecule has 0 bridgehead atoms. The second-order valence-corrected chi connectivity index (χ2v) is 5.54. The molecule has 0 saturated carbocycles. The fraction of sp³-hybridized carbons (Fsp3) is 0.412. The predicted octanol–water partition coefficient (Wildman–Crippen LogP) is 3.14. The zero-order chi connectivity index (χ0) is 13.8. The molecule has 2 aromatic rings. The molecule has 0 aliphatic carbocycles. The SMILES string of the molecule is Cc1ccccc1-c1cncc(CCC2CCCN2)n1. The van der Waals surface area contributed by atoms with Crippen molar-refractivity contribution >= 4 is 0 Å². The number of benzene rings is 1. The summed E-state index contributed by atoms with van der Waals surface area (Å²) in [5.74, 6) is 0. The van der Waals surface area contributed by atoms with Crippen molar-refractivity contribution in [2.45, 2.75) is 38.6 Å². The lowest BCUT2D eigenvalue weighted by Crippen LogP contribution is -2.21. The Morgan fingerprint density at radius 1 is 1.25 bits per heavy atom. The lowest BCUT2D eigenvalue weighted by molar-refractivity contribution is 0.555. The van der Waals surface area contributed by atoms with Crippen molar-refractivity contribution in [3.05, 3.63) is 47.9 Å². The molecule has 20 heavy (non-hydrogen) atoms. The molecule has 1 aliphatic heterocycles. The molecule has 1 fully saturated rings. The average Bonchev–Trinajstić information content (AvgIpc) is 2.99. The van der Waals surface area contributed by atoms with Gasteiger partial charge in [-0.05, 0) is 44.7 Å². The first-order valence-electron chi connectivity index (χ1n) is 7.43. The van der Waals surface area contributed by atoms with Crippen LogP contribution in [0.15, 0.2) is 36.7 Å². The topological polar surface area (TPSA) is 37.8 Å². The lowest BCUT2D eigenvalue weighted by atomic mass is 10.1. The van der Waals surface area contributed by atoms with Gasteiger partial charge in [-0.25, -0.2) is 4.98 Å². The summed E-state index contributed by atoms with van der Waals surface area (Å²) >= 11 is 0. The summed E-state index contributed by atoms with van der Waals surface area (Å²) in [6.07, 6.45) is 8.52. The monoisotopic (exact) mass is 267 g/mol. The van der Waals surface area contributed by atoms with Gasteiger partial charge in [0.25, 0.3) is 0 Å². The Bertz CT molecular complexity index is 574. The van der Waals surface area contributed by atoms with Gasteiger partial charge in [0.2, 0.25) is 0 Å². The molecule has 0 spiro atoms. The van der Waals surface area contributed by atoms with Crippen molar-refractivity contribution in [3.63, 3.8) is 0 Å². The third-order valence-corrected chi connectivity index (χ3v) is 4.02. The molecule has 1 saturated heterocycles. The van der Waals surface area contributed by atoms with Crippen LogP contribution in [-0.4, -0.2) is 22.6 Å². The van der Waals surface area contributed by atoms with Crippen LogP contribution in [-0.2, 0) is 6.42 Å². The Balaban J connectivity index is 1.74. The molecule has 1 aliphatic rings. The minimum Gasteiger partial charge on any atom is -0.314 e. The summed E-state index contributed by atoms with van der Waals surface area (Å²) < 4.78 is 0. The number of rotatable bonds is 4. The van der Waals surface area contributed by atoms with Crippen LogP contribution in [0.2, 0.25) is 0 Å². The highest BCUT2D eigenvalue weighted by Crippen LogP contribution is 2.21. The van der Waals surface area contributed by atoms with Crippen LogP contribution < -0.4 is 5.32 Å². The molecule has 1 aromatic heterocycles. The van der Waals surface area contributed by atoms with E-state index in [1.807, 2.05) is 12.4 Å². The maximum Gasteiger partial charge on any atom is 0.0891 e. The van der Waals surface area contributed by atoms with E-state index in [-0.39, 0.29) is 0 Å². The summed E-state index contributed by atoms with van der Waals surface area (Å²) in [7, 11) is 0. The van der Waals surface area contributed by atoms with Crippen molar-refractivity contribution in [2.24, 2.45) is 0 Å². The summed E-state index contributed by atoms with van der Waals surface area (Å²) in [4.78, 5) is 9.14.